The molecule has 0 fully saturated rings. The highest BCUT2D eigenvalue weighted by atomic mass is 16.5. The molecule has 8 heteroatoms. The molecule has 2 aromatic carbocycles. The van der Waals surface area contributed by atoms with Crippen LogP contribution in [0.25, 0.3) is 21.7 Å². The molecular weight excluding hydrogens is 364 g/mol. The summed E-state index contributed by atoms with van der Waals surface area (Å²) in [5.41, 5.74) is 0.00363. The number of aromatic nitrogens is 2. The molecule has 8 nitrogen and oxygen atoms in total. The summed E-state index contributed by atoms with van der Waals surface area (Å²) >= 11 is 0. The molecule has 0 aliphatic carbocycles. The summed E-state index contributed by atoms with van der Waals surface area (Å²) in [4.78, 5) is 36.2. The molecule has 0 saturated heterocycles. The molecule has 28 heavy (non-hydrogen) atoms. The van der Waals surface area contributed by atoms with Crippen LogP contribution in [0.15, 0.2) is 56.5 Å². The van der Waals surface area contributed by atoms with Gasteiger partial charge in [-0.3, -0.25) is 4.79 Å². The van der Waals surface area contributed by atoms with Crippen LogP contribution in [0.1, 0.15) is 21.6 Å². The van der Waals surface area contributed by atoms with Crippen LogP contribution in [0, 0.1) is 6.92 Å². The lowest BCUT2D eigenvalue weighted by Gasteiger charge is -2.09. The van der Waals surface area contributed by atoms with Crippen molar-refractivity contribution in [2.75, 3.05) is 0 Å². The van der Waals surface area contributed by atoms with Gasteiger partial charge in [-0.2, -0.15) is 5.10 Å². The number of aromatic hydroxyl groups is 1. The molecule has 0 atom stereocenters. The molecule has 0 amide bonds. The van der Waals surface area contributed by atoms with Crippen molar-refractivity contribution in [3.8, 4) is 5.75 Å². The summed E-state index contributed by atoms with van der Waals surface area (Å²) in [6.45, 7) is 1.41. The van der Waals surface area contributed by atoms with Crippen LogP contribution in [0.2, 0.25) is 0 Å². The molecule has 0 aliphatic rings. The zero-order valence-electron chi connectivity index (χ0n) is 14.7. The zero-order valence-corrected chi connectivity index (χ0v) is 14.7. The predicted octanol–water partition coefficient (Wildman–Crippen LogP) is 2.40. The summed E-state index contributed by atoms with van der Waals surface area (Å²) < 4.78 is 10.5. The van der Waals surface area contributed by atoms with Gasteiger partial charge in [-0.25, -0.2) is 14.7 Å². The van der Waals surface area contributed by atoms with E-state index in [2.05, 4.69) is 10.2 Å². The van der Waals surface area contributed by atoms with E-state index in [0.717, 1.165) is 0 Å². The minimum absolute atomic E-state index is 0.00583. The van der Waals surface area contributed by atoms with Crippen molar-refractivity contribution in [1.29, 1.82) is 0 Å². The largest absolute Gasteiger partial charge is 0.508 e. The standard InChI is InChI=1S/C20H14N2O6/c1-10-15(23)7-6-12-11(8-16(24)28-18(10)12)9-27-20(26)17-13-4-2-3-5-14(13)19(25)22-21-17/h2-8,23H,9H2,1H3,(H,22,25). The monoisotopic (exact) mass is 378 g/mol. The van der Waals surface area contributed by atoms with E-state index in [4.69, 9.17) is 9.15 Å². The van der Waals surface area contributed by atoms with Crippen LogP contribution < -0.4 is 11.2 Å². The first kappa shape index (κ1) is 17.5. The number of hydrogen-bond acceptors (Lipinski definition) is 7. The summed E-state index contributed by atoms with van der Waals surface area (Å²) in [7, 11) is 0. The fourth-order valence-corrected chi connectivity index (χ4v) is 3.02. The average Bonchev–Trinajstić information content (AvgIpc) is 2.69. The van der Waals surface area contributed by atoms with Crippen molar-refractivity contribution in [3.05, 3.63) is 80.1 Å². The van der Waals surface area contributed by atoms with Crippen molar-refractivity contribution in [2.45, 2.75) is 13.5 Å². The third kappa shape index (κ3) is 2.90. The smallest absolute Gasteiger partial charge is 0.359 e. The lowest BCUT2D eigenvalue weighted by atomic mass is 10.1. The molecule has 0 aliphatic heterocycles. The number of nitrogens with zero attached hydrogens (tertiary/aromatic N) is 1. The fraction of sp³-hybridized carbons (Fsp3) is 0.100. The number of ether oxygens (including phenoxy) is 1. The van der Waals surface area contributed by atoms with E-state index < -0.39 is 17.2 Å². The summed E-state index contributed by atoms with van der Waals surface area (Å²) in [5, 5.41) is 17.1. The molecule has 2 aromatic heterocycles. The van der Waals surface area contributed by atoms with Crippen molar-refractivity contribution in [1.82, 2.24) is 10.2 Å². The van der Waals surface area contributed by atoms with Gasteiger partial charge in [-0.15, -0.1) is 0 Å². The number of carbonyl (C=O) groups excluding carboxylic acids is 1. The maximum atomic E-state index is 12.5. The SMILES string of the molecule is Cc1c(O)ccc2c(COC(=O)c3n[nH]c(=O)c4ccccc34)cc(=O)oc12. The fourth-order valence-electron chi connectivity index (χ4n) is 3.02. The maximum absolute atomic E-state index is 12.5. The van der Waals surface area contributed by atoms with Gasteiger partial charge in [0.25, 0.3) is 5.56 Å². The maximum Gasteiger partial charge on any atom is 0.359 e. The normalized spacial score (nSPS) is 11.0. The Morgan fingerprint density at radius 1 is 1.14 bits per heavy atom. The number of fused-ring (bicyclic) bond motifs is 2. The van der Waals surface area contributed by atoms with Crippen molar-refractivity contribution in [3.63, 3.8) is 0 Å². The lowest BCUT2D eigenvalue weighted by molar-refractivity contribution is 0.0468. The molecule has 140 valence electrons. The van der Waals surface area contributed by atoms with Gasteiger partial charge in [0, 0.05) is 28.0 Å². The second kappa shape index (κ2) is 6.66. The molecule has 0 saturated carbocycles. The quantitative estimate of drug-likeness (QED) is 0.414. The minimum Gasteiger partial charge on any atom is -0.508 e. The van der Waals surface area contributed by atoms with E-state index in [9.17, 15) is 19.5 Å². The van der Waals surface area contributed by atoms with Gasteiger partial charge in [-0.05, 0) is 25.1 Å². The highest BCUT2D eigenvalue weighted by Crippen LogP contribution is 2.27. The van der Waals surface area contributed by atoms with E-state index in [1.54, 1.807) is 37.3 Å². The van der Waals surface area contributed by atoms with E-state index in [-0.39, 0.29) is 23.6 Å². The van der Waals surface area contributed by atoms with E-state index in [0.29, 0.717) is 27.3 Å². The van der Waals surface area contributed by atoms with Gasteiger partial charge >= 0.3 is 11.6 Å². The predicted molar refractivity (Wildman–Crippen MR) is 100 cm³/mol. The van der Waals surface area contributed by atoms with Gasteiger partial charge in [0.1, 0.15) is 17.9 Å². The minimum atomic E-state index is -0.746. The van der Waals surface area contributed by atoms with Crippen LogP contribution in [-0.2, 0) is 11.3 Å². The third-order valence-electron chi connectivity index (χ3n) is 4.47. The molecular formula is C20H14N2O6. The number of nitrogens with one attached hydrogen (secondary N) is 1. The van der Waals surface area contributed by atoms with Gasteiger partial charge in [0.05, 0.1) is 5.39 Å². The average molecular weight is 378 g/mol. The highest BCUT2D eigenvalue weighted by Gasteiger charge is 2.17. The van der Waals surface area contributed by atoms with Gasteiger partial charge in [-0.1, -0.05) is 18.2 Å². The van der Waals surface area contributed by atoms with Gasteiger partial charge < -0.3 is 14.3 Å². The van der Waals surface area contributed by atoms with Crippen LogP contribution >= 0.6 is 0 Å². The summed E-state index contributed by atoms with van der Waals surface area (Å²) in [6, 6.07) is 10.8. The molecule has 0 radical (unpaired) electrons. The summed E-state index contributed by atoms with van der Waals surface area (Å²) in [6.07, 6.45) is 0. The van der Waals surface area contributed by atoms with Crippen LogP contribution in [0.3, 0.4) is 0 Å². The summed E-state index contributed by atoms with van der Waals surface area (Å²) in [5.74, 6) is -0.752. The Bertz CT molecular complexity index is 1350. The first-order valence-corrected chi connectivity index (χ1v) is 8.35. The first-order valence-electron chi connectivity index (χ1n) is 8.35. The molecule has 0 bridgehead atoms. The number of phenols is 1. The van der Waals surface area contributed by atoms with E-state index in [1.807, 2.05) is 0 Å². The van der Waals surface area contributed by atoms with Crippen LogP contribution in [0.5, 0.6) is 5.75 Å². The van der Waals surface area contributed by atoms with E-state index in [1.165, 1.54) is 12.1 Å². The van der Waals surface area contributed by atoms with Crippen LogP contribution in [-0.4, -0.2) is 21.3 Å². The number of phenolic OH excluding ortho intramolecular Hbond substituents is 1. The number of esters is 1. The number of carbonyl (C=O) groups is 1. The second-order valence-corrected chi connectivity index (χ2v) is 6.20. The Balaban J connectivity index is 1.70. The van der Waals surface area contributed by atoms with Crippen LogP contribution in [0.4, 0.5) is 0 Å². The first-order chi connectivity index (χ1) is 13.5. The Labute approximate surface area is 157 Å². The Kier molecular flexibility index (Phi) is 4.15. The Hall–Kier alpha value is -3.94. The van der Waals surface area contributed by atoms with Crippen molar-refractivity contribution < 1.29 is 19.1 Å². The third-order valence-corrected chi connectivity index (χ3v) is 4.47. The molecule has 2 heterocycles. The van der Waals surface area contributed by atoms with Crippen molar-refractivity contribution in [2.24, 2.45) is 0 Å². The number of aryl methyl sites for hydroxylation is 1. The molecule has 4 rings (SSSR count). The molecule has 0 spiro atoms. The van der Waals surface area contributed by atoms with E-state index >= 15 is 0 Å². The number of rotatable bonds is 3. The Morgan fingerprint density at radius 2 is 1.89 bits per heavy atom. The topological polar surface area (TPSA) is 122 Å². The number of benzene rings is 2. The number of H-pyrrole nitrogens is 1. The molecule has 2 N–H and O–H groups in total. The van der Waals surface area contributed by atoms with Gasteiger partial charge in [0.2, 0.25) is 0 Å². The molecule has 4 aromatic rings. The molecule has 0 unspecified atom stereocenters. The Morgan fingerprint density at radius 3 is 2.68 bits per heavy atom. The zero-order chi connectivity index (χ0) is 19.8. The highest BCUT2D eigenvalue weighted by molar-refractivity contribution is 6.02. The number of hydrogen-bond donors (Lipinski definition) is 2. The number of aromatic amines is 1. The van der Waals surface area contributed by atoms with Crippen molar-refractivity contribution >= 4 is 27.7 Å². The van der Waals surface area contributed by atoms with Gasteiger partial charge in [0.15, 0.2) is 5.69 Å². The lowest BCUT2D eigenvalue weighted by Crippen LogP contribution is -2.16. The second-order valence-electron chi connectivity index (χ2n) is 6.20.